The fraction of sp³-hybridized carbons (Fsp3) is 0.650. The minimum atomic E-state index is -5.17. The Morgan fingerprint density at radius 1 is 0.592 bits per heavy atom. The molecule has 3 N–H and O–H groups in total. The zero-order valence-corrected chi connectivity index (χ0v) is 34.0. The van der Waals surface area contributed by atoms with Gasteiger partial charge in [0.25, 0.3) is 0 Å². The average Bonchev–Trinajstić information content (AvgIpc) is 3.50. The number of hydrogen-bond acceptors (Lipinski definition) is 4. The van der Waals surface area contributed by atoms with Gasteiger partial charge in [0, 0.05) is 0 Å². The van der Waals surface area contributed by atoms with Crippen molar-refractivity contribution in [2.75, 3.05) is 6.61 Å². The van der Waals surface area contributed by atoms with E-state index in [1.807, 2.05) is 0 Å². The van der Waals surface area contributed by atoms with Crippen LogP contribution < -0.4 is 0 Å². The third-order valence-electron chi connectivity index (χ3n) is 9.48. The summed E-state index contributed by atoms with van der Waals surface area (Å²) in [6.07, 6.45) is 28.3. The Morgan fingerprint density at radius 2 is 0.959 bits per heavy atom. The molecule has 1 saturated carbocycles. The minimum Gasteiger partial charge on any atom is -0.302 e. The first-order valence-electron chi connectivity index (χ1n) is 18.0. The van der Waals surface area contributed by atoms with Gasteiger partial charge in [-0.25, -0.2) is 9.13 Å². The van der Waals surface area contributed by atoms with Gasteiger partial charge in [-0.2, -0.15) is 4.31 Å². The van der Waals surface area contributed by atoms with Gasteiger partial charge in [0.15, 0.2) is 0 Å². The molecule has 0 saturated heterocycles. The van der Waals surface area contributed by atoms with Crippen LogP contribution in [0.4, 0.5) is 0 Å². The summed E-state index contributed by atoms with van der Waals surface area (Å²) in [7, 11) is -10.1. The maximum absolute atomic E-state index is 12.2. The van der Waals surface area contributed by atoms with Gasteiger partial charge in [-0.1, -0.05) is 88.5 Å². The molecule has 1 unspecified atom stereocenters. The highest BCUT2D eigenvalue weighted by Crippen LogP contribution is 2.65. The van der Waals surface area contributed by atoms with Gasteiger partial charge in [-0.15, -0.1) is 0 Å². The van der Waals surface area contributed by atoms with Gasteiger partial charge >= 0.3 is 15.6 Å². The lowest BCUT2D eigenvalue weighted by Crippen LogP contribution is -2.04. The largest absolute Gasteiger partial charge is 0.481 e. The minimum absolute atomic E-state index is 0.0626. The summed E-state index contributed by atoms with van der Waals surface area (Å²) in [6.45, 7) is 21.5. The number of phosphoric acid groups is 2. The molecule has 0 heterocycles. The van der Waals surface area contributed by atoms with E-state index in [-0.39, 0.29) is 23.9 Å². The molecule has 1 aliphatic carbocycles. The second-order valence-corrected chi connectivity index (χ2v) is 17.8. The maximum atomic E-state index is 12.2. The van der Waals surface area contributed by atoms with Crippen molar-refractivity contribution in [1.82, 2.24) is 0 Å². The molecule has 1 fully saturated rings. The van der Waals surface area contributed by atoms with E-state index in [9.17, 15) is 14.0 Å². The zero-order valence-electron chi connectivity index (χ0n) is 32.3. The second-order valence-electron chi connectivity index (χ2n) is 15.0. The molecule has 280 valence electrons. The Bertz CT molecular complexity index is 1350. The van der Waals surface area contributed by atoms with Crippen molar-refractivity contribution in [3.05, 3.63) is 81.5 Å². The lowest BCUT2D eigenvalue weighted by atomic mass is 9.95. The van der Waals surface area contributed by atoms with Gasteiger partial charge in [0.2, 0.25) is 0 Å². The molecular weight excluding hydrogens is 654 g/mol. The van der Waals surface area contributed by atoms with Gasteiger partial charge in [0.1, 0.15) is 0 Å². The highest BCUT2D eigenvalue weighted by atomic mass is 31.3. The summed E-state index contributed by atoms with van der Waals surface area (Å²) >= 11 is 0. The van der Waals surface area contributed by atoms with Crippen LogP contribution in [0.3, 0.4) is 0 Å². The molecule has 0 bridgehead atoms. The Balaban J connectivity index is 2.80. The molecule has 0 amide bonds. The van der Waals surface area contributed by atoms with Gasteiger partial charge in [0.05, 0.1) is 6.61 Å². The summed E-state index contributed by atoms with van der Waals surface area (Å²) < 4.78 is 32.5. The van der Waals surface area contributed by atoms with Crippen LogP contribution in [-0.4, -0.2) is 21.3 Å². The van der Waals surface area contributed by atoms with E-state index in [0.717, 1.165) is 77.0 Å². The summed E-state index contributed by atoms with van der Waals surface area (Å²) in [4.78, 5) is 27.9. The number of phosphoric ester groups is 1. The first-order valence-corrected chi connectivity index (χ1v) is 21.1. The van der Waals surface area contributed by atoms with Gasteiger partial charge in [-0.3, -0.25) is 4.52 Å². The van der Waals surface area contributed by atoms with Crippen LogP contribution in [0, 0.1) is 17.3 Å². The fourth-order valence-electron chi connectivity index (χ4n) is 6.23. The van der Waals surface area contributed by atoms with E-state index in [4.69, 9.17) is 14.3 Å². The van der Waals surface area contributed by atoms with E-state index >= 15 is 0 Å². The highest BCUT2D eigenvalue weighted by molar-refractivity contribution is 7.60. The Hall–Kier alpha value is -1.56. The monoisotopic (exact) mass is 722 g/mol. The topological polar surface area (TPSA) is 113 Å². The van der Waals surface area contributed by atoms with Crippen LogP contribution in [0.5, 0.6) is 0 Å². The molecule has 0 aliphatic heterocycles. The molecule has 0 aromatic rings. The Morgan fingerprint density at radius 3 is 1.35 bits per heavy atom. The molecule has 7 nitrogen and oxygen atoms in total. The standard InChI is InChI=1S/C40H68O7P2/c1-31(2)17-11-19-33(5)21-13-23-35(7)25-15-26-37(9)29-38-39(30-46-49(44,45)47-48(41,42)43)40(38,10)28-16-27-36(8)24-14-22-34(6)20-12-18-32(3)4/h17-18,21-22,25,27,29,38-39H,11-16,19-20,23-24,26,28,30H2,1-10H3,(H,44,45)(H2,41,42,43)/b33-21+,34-22+,35-25+,36-27+,37-29?/t38-,39-,40-/m1/s1. The van der Waals surface area contributed by atoms with Gasteiger partial charge in [-0.05, 0) is 157 Å². The van der Waals surface area contributed by atoms with Crippen LogP contribution in [0.25, 0.3) is 0 Å². The summed E-state index contributed by atoms with van der Waals surface area (Å²) in [5.41, 5.74) is 9.43. The SMILES string of the molecule is CC(C)=CCC/C(C)=C/CC/C(C)=C/CCC(C)=C[C@@H]1[C@@H](COP(=O)(O)OP(=O)(O)O)[C@]1(C)CC/C=C(\C)CC/C=C(\C)CCC=C(C)C. The summed E-state index contributed by atoms with van der Waals surface area (Å²) in [5, 5.41) is 0. The van der Waals surface area contributed by atoms with Crippen molar-refractivity contribution in [3.63, 3.8) is 0 Å². The third-order valence-corrected chi connectivity index (χ3v) is 11.6. The normalized spacial score (nSPS) is 22.2. The molecule has 9 heteroatoms. The van der Waals surface area contributed by atoms with Crippen LogP contribution in [0.15, 0.2) is 81.5 Å². The first kappa shape index (κ1) is 45.5. The molecule has 0 aromatic carbocycles. The molecule has 0 aromatic heterocycles. The lowest BCUT2D eigenvalue weighted by Gasteiger charge is -2.14. The molecule has 0 radical (unpaired) electrons. The average molecular weight is 723 g/mol. The lowest BCUT2D eigenvalue weighted by molar-refractivity contribution is 0.166. The first-order chi connectivity index (χ1) is 22.7. The van der Waals surface area contributed by atoms with E-state index in [1.165, 1.54) is 39.0 Å². The molecule has 0 spiro atoms. The van der Waals surface area contributed by atoms with E-state index < -0.39 is 15.6 Å². The van der Waals surface area contributed by atoms with Gasteiger partial charge < -0.3 is 14.7 Å². The molecule has 1 rings (SSSR count). The Labute approximate surface area is 299 Å². The number of hydrogen-bond donors (Lipinski definition) is 3. The third kappa shape index (κ3) is 21.4. The number of rotatable bonds is 24. The second kappa shape index (κ2) is 22.4. The molecule has 49 heavy (non-hydrogen) atoms. The quantitative estimate of drug-likeness (QED) is 0.0671. The van der Waals surface area contributed by atoms with Crippen LogP contribution >= 0.6 is 15.6 Å². The van der Waals surface area contributed by atoms with E-state index in [0.29, 0.717) is 0 Å². The zero-order chi connectivity index (χ0) is 37.3. The van der Waals surface area contributed by atoms with Crippen molar-refractivity contribution in [1.29, 1.82) is 0 Å². The molecule has 4 atom stereocenters. The highest BCUT2D eigenvalue weighted by Gasteiger charge is 2.59. The molecular formula is C40H68O7P2. The fourth-order valence-corrected chi connectivity index (χ4v) is 7.84. The van der Waals surface area contributed by atoms with Crippen LogP contribution in [0.1, 0.15) is 146 Å². The predicted molar refractivity (Wildman–Crippen MR) is 207 cm³/mol. The van der Waals surface area contributed by atoms with Crippen molar-refractivity contribution >= 4 is 15.6 Å². The van der Waals surface area contributed by atoms with Crippen molar-refractivity contribution in [2.24, 2.45) is 17.3 Å². The summed E-state index contributed by atoms with van der Waals surface area (Å²) in [6, 6.07) is 0. The van der Waals surface area contributed by atoms with Crippen molar-refractivity contribution < 1.29 is 32.6 Å². The Kier molecular flexibility index (Phi) is 20.8. The molecule has 1 aliphatic rings. The number of allylic oxidation sites excluding steroid dienone is 14. The predicted octanol–water partition coefficient (Wildman–Crippen LogP) is 12.8. The van der Waals surface area contributed by atoms with Crippen LogP contribution in [-0.2, 0) is 18.0 Å². The van der Waals surface area contributed by atoms with Crippen molar-refractivity contribution in [2.45, 2.75) is 146 Å². The van der Waals surface area contributed by atoms with Crippen molar-refractivity contribution in [3.8, 4) is 0 Å². The summed E-state index contributed by atoms with van der Waals surface area (Å²) in [5.74, 6) is 0.0691. The van der Waals surface area contributed by atoms with Crippen LogP contribution in [0.2, 0.25) is 0 Å². The van der Waals surface area contributed by atoms with E-state index in [1.54, 1.807) is 0 Å². The van der Waals surface area contributed by atoms with E-state index in [2.05, 4.69) is 116 Å². The maximum Gasteiger partial charge on any atom is 0.481 e. The smallest absolute Gasteiger partial charge is 0.302 e.